The molecule has 3 heterocycles. The van der Waals surface area contributed by atoms with Gasteiger partial charge in [0.1, 0.15) is 18.2 Å². The first kappa shape index (κ1) is 35.3. The van der Waals surface area contributed by atoms with Crippen LogP contribution in [-0.2, 0) is 28.7 Å². The minimum absolute atomic E-state index is 0.0224. The molecule has 5 rings (SSSR count). The molecule has 2 bridgehead atoms. The molecule has 1 aliphatic carbocycles. The van der Waals surface area contributed by atoms with E-state index in [4.69, 9.17) is 9.47 Å². The summed E-state index contributed by atoms with van der Waals surface area (Å²) >= 11 is 3.75. The number of alkyl halides is 1. The number of hydrogen-bond acceptors (Lipinski definition) is 7. The number of benzene rings is 1. The lowest BCUT2D eigenvalue weighted by Crippen LogP contribution is -2.60. The number of fused-ring (bicyclic) bond motifs is 1. The molecule has 4 fully saturated rings. The summed E-state index contributed by atoms with van der Waals surface area (Å²) in [7, 11) is 0. The van der Waals surface area contributed by atoms with Gasteiger partial charge in [0.05, 0.1) is 36.6 Å². The molecule has 0 aromatic heterocycles. The summed E-state index contributed by atoms with van der Waals surface area (Å²) in [6.45, 7) is 9.38. The number of esters is 1. The van der Waals surface area contributed by atoms with Crippen LogP contribution in [0, 0.1) is 11.8 Å². The SMILES string of the molecule is C=CCCC(=O)OC[C@H](NC(=O)[C@@H]1[C@H]2O[C@@]3(CC2Br)[C@H](C(=O)N(CC=C)C2CCCCC2)N([C@@H](CC)CO)C(=O)[C@@H]13)c1ccccc1. The van der Waals surface area contributed by atoms with Crippen LogP contribution in [0.15, 0.2) is 55.6 Å². The number of rotatable bonds is 15. The molecule has 1 aromatic carbocycles. The van der Waals surface area contributed by atoms with Crippen molar-refractivity contribution < 1.29 is 33.8 Å². The van der Waals surface area contributed by atoms with Gasteiger partial charge in [-0.1, -0.05) is 84.6 Å². The molecule has 1 spiro atoms. The molecule has 47 heavy (non-hydrogen) atoms. The number of carbonyl (C=O) groups excluding carboxylic acids is 4. The molecular formula is C36H48BrN3O7. The number of hydrogen-bond donors (Lipinski definition) is 2. The van der Waals surface area contributed by atoms with E-state index in [-0.39, 0.29) is 42.3 Å². The zero-order valence-electron chi connectivity index (χ0n) is 27.2. The third-order valence-corrected chi connectivity index (χ3v) is 11.3. The van der Waals surface area contributed by atoms with E-state index < -0.39 is 53.5 Å². The average Bonchev–Trinajstić information content (AvgIpc) is 3.69. The van der Waals surface area contributed by atoms with E-state index in [0.29, 0.717) is 25.8 Å². The average molecular weight is 715 g/mol. The van der Waals surface area contributed by atoms with Crippen LogP contribution in [0.3, 0.4) is 0 Å². The Bertz CT molecular complexity index is 1320. The summed E-state index contributed by atoms with van der Waals surface area (Å²) in [5, 5.41) is 13.5. The standard InChI is InChI=1S/C36H48BrN3O7/c1-4-7-18-28(42)46-22-27(23-14-10-8-11-15-23)38-33(43)29-30-34(44)40(24(6-3)21-41)32(36(30)20-26(37)31(29)47-36)35(45)39(19-5-2)25-16-12-9-13-17-25/h4-5,8,10-11,14-15,24-27,29-32,41H,1-2,6-7,9,12-13,16-22H2,3H3,(H,38,43)/t24-,26?,27-,29-,30+,31-,32-,36+/m0/s1. The summed E-state index contributed by atoms with van der Waals surface area (Å²) in [6, 6.07) is 6.99. The van der Waals surface area contributed by atoms with E-state index in [1.54, 1.807) is 12.2 Å². The van der Waals surface area contributed by atoms with Crippen LogP contribution in [0.2, 0.25) is 0 Å². The van der Waals surface area contributed by atoms with Gasteiger partial charge in [0.2, 0.25) is 17.7 Å². The lowest BCUT2D eigenvalue weighted by Gasteiger charge is -2.42. The fourth-order valence-corrected chi connectivity index (χ4v) is 9.15. The smallest absolute Gasteiger partial charge is 0.306 e. The van der Waals surface area contributed by atoms with Gasteiger partial charge in [-0.2, -0.15) is 0 Å². The first-order valence-corrected chi connectivity index (χ1v) is 17.9. The van der Waals surface area contributed by atoms with Crippen molar-refractivity contribution in [1.29, 1.82) is 0 Å². The van der Waals surface area contributed by atoms with Crippen LogP contribution in [-0.4, -0.2) is 93.0 Å². The van der Waals surface area contributed by atoms with Crippen LogP contribution in [0.4, 0.5) is 0 Å². The van der Waals surface area contributed by atoms with Gasteiger partial charge in [-0.15, -0.1) is 13.2 Å². The number of allylic oxidation sites excluding steroid dienone is 1. The number of carbonyl (C=O) groups is 4. The van der Waals surface area contributed by atoms with Crippen molar-refractivity contribution in [2.45, 2.75) is 105 Å². The molecule has 10 nitrogen and oxygen atoms in total. The molecule has 1 saturated carbocycles. The number of nitrogens with zero attached hydrogens (tertiary/aromatic N) is 2. The molecule has 11 heteroatoms. The predicted molar refractivity (Wildman–Crippen MR) is 180 cm³/mol. The Hall–Kier alpha value is -3.02. The third-order valence-electron chi connectivity index (χ3n) is 10.4. The molecule has 4 aliphatic rings. The maximum Gasteiger partial charge on any atom is 0.306 e. The van der Waals surface area contributed by atoms with Crippen molar-refractivity contribution in [2.24, 2.45) is 11.8 Å². The minimum Gasteiger partial charge on any atom is -0.463 e. The van der Waals surface area contributed by atoms with Crippen molar-refractivity contribution in [1.82, 2.24) is 15.1 Å². The minimum atomic E-state index is -1.24. The van der Waals surface area contributed by atoms with Gasteiger partial charge < -0.3 is 29.7 Å². The maximum absolute atomic E-state index is 14.8. The Morgan fingerprint density at radius 2 is 1.91 bits per heavy atom. The topological polar surface area (TPSA) is 125 Å². The zero-order valence-corrected chi connectivity index (χ0v) is 28.8. The van der Waals surface area contributed by atoms with Gasteiger partial charge in [-0.05, 0) is 37.7 Å². The Labute approximate surface area is 286 Å². The van der Waals surface area contributed by atoms with Crippen LogP contribution in [0.25, 0.3) is 0 Å². The number of aliphatic hydroxyl groups excluding tert-OH is 1. The highest BCUT2D eigenvalue weighted by atomic mass is 79.9. The van der Waals surface area contributed by atoms with Crippen LogP contribution < -0.4 is 5.32 Å². The predicted octanol–water partition coefficient (Wildman–Crippen LogP) is 4.22. The van der Waals surface area contributed by atoms with Gasteiger partial charge in [0, 0.05) is 23.8 Å². The molecule has 3 saturated heterocycles. The number of ether oxygens (including phenoxy) is 2. The Balaban J connectivity index is 1.48. The zero-order chi connectivity index (χ0) is 33.7. The Kier molecular flexibility index (Phi) is 11.6. The third kappa shape index (κ3) is 6.81. The lowest BCUT2D eigenvalue weighted by atomic mass is 9.70. The highest BCUT2D eigenvalue weighted by Crippen LogP contribution is 2.60. The Morgan fingerprint density at radius 1 is 1.19 bits per heavy atom. The fourth-order valence-electron chi connectivity index (χ4n) is 8.20. The van der Waals surface area contributed by atoms with Crippen LogP contribution in [0.1, 0.15) is 76.3 Å². The van der Waals surface area contributed by atoms with Crippen molar-refractivity contribution >= 4 is 39.6 Å². The monoisotopic (exact) mass is 713 g/mol. The van der Waals surface area contributed by atoms with Crippen LogP contribution >= 0.6 is 15.9 Å². The molecular weight excluding hydrogens is 666 g/mol. The normalized spacial score (nSPS) is 29.6. The summed E-state index contributed by atoms with van der Waals surface area (Å²) in [6.07, 6.45) is 9.12. The first-order valence-electron chi connectivity index (χ1n) is 17.0. The highest BCUT2D eigenvalue weighted by molar-refractivity contribution is 9.09. The second-order valence-electron chi connectivity index (χ2n) is 13.2. The van der Waals surface area contributed by atoms with Gasteiger partial charge in [0.15, 0.2) is 0 Å². The van der Waals surface area contributed by atoms with Gasteiger partial charge in [0.25, 0.3) is 0 Å². The van der Waals surface area contributed by atoms with Crippen molar-refractivity contribution in [3.63, 3.8) is 0 Å². The van der Waals surface area contributed by atoms with Gasteiger partial charge in [-0.3, -0.25) is 19.2 Å². The molecule has 256 valence electrons. The number of aliphatic hydroxyl groups is 1. The fraction of sp³-hybridized carbons (Fsp3) is 0.611. The van der Waals surface area contributed by atoms with E-state index in [0.717, 1.165) is 37.7 Å². The summed E-state index contributed by atoms with van der Waals surface area (Å²) in [4.78, 5) is 59.2. The van der Waals surface area contributed by atoms with Crippen molar-refractivity contribution in [2.75, 3.05) is 19.8 Å². The van der Waals surface area contributed by atoms with Gasteiger partial charge in [-0.25, -0.2) is 0 Å². The van der Waals surface area contributed by atoms with E-state index >= 15 is 0 Å². The largest absolute Gasteiger partial charge is 0.463 e. The van der Waals surface area contributed by atoms with Crippen LogP contribution in [0.5, 0.6) is 0 Å². The summed E-state index contributed by atoms with van der Waals surface area (Å²) in [5.74, 6) is -3.19. The second-order valence-corrected chi connectivity index (χ2v) is 14.4. The quantitative estimate of drug-likeness (QED) is 0.158. The molecule has 1 unspecified atom stereocenters. The molecule has 2 N–H and O–H groups in total. The molecule has 3 aliphatic heterocycles. The van der Waals surface area contributed by atoms with E-state index in [9.17, 15) is 24.3 Å². The molecule has 0 radical (unpaired) electrons. The summed E-state index contributed by atoms with van der Waals surface area (Å²) in [5.41, 5.74) is -0.497. The highest BCUT2D eigenvalue weighted by Gasteiger charge is 2.77. The molecule has 3 amide bonds. The Morgan fingerprint density at radius 3 is 2.55 bits per heavy atom. The number of halogens is 1. The van der Waals surface area contributed by atoms with E-state index in [1.165, 1.54) is 4.90 Å². The molecule has 1 aromatic rings. The number of nitrogens with one attached hydrogen (secondary N) is 1. The molecule has 8 atom stereocenters. The van der Waals surface area contributed by atoms with Crippen molar-refractivity contribution in [3.05, 3.63) is 61.2 Å². The lowest BCUT2D eigenvalue weighted by molar-refractivity contribution is -0.153. The van der Waals surface area contributed by atoms with E-state index in [1.807, 2.05) is 42.2 Å². The van der Waals surface area contributed by atoms with Gasteiger partial charge >= 0.3 is 5.97 Å². The van der Waals surface area contributed by atoms with Crippen molar-refractivity contribution in [3.8, 4) is 0 Å². The van der Waals surface area contributed by atoms with E-state index in [2.05, 4.69) is 34.4 Å². The number of amides is 3. The first-order chi connectivity index (χ1) is 22.7. The maximum atomic E-state index is 14.8. The summed E-state index contributed by atoms with van der Waals surface area (Å²) < 4.78 is 12.3. The number of likely N-dealkylation sites (tertiary alicyclic amines) is 1. The second kappa shape index (κ2) is 15.5.